The highest BCUT2D eigenvalue weighted by molar-refractivity contribution is 6.38. The van der Waals surface area contributed by atoms with Gasteiger partial charge in [-0.15, -0.1) is 0 Å². The quantitative estimate of drug-likeness (QED) is 0.436. The number of aliphatic hydroxyl groups is 1. The van der Waals surface area contributed by atoms with Crippen molar-refractivity contribution in [3.05, 3.63) is 79.6 Å². The van der Waals surface area contributed by atoms with Crippen molar-refractivity contribution in [3.63, 3.8) is 0 Å². The monoisotopic (exact) mass is 413 g/mol. The van der Waals surface area contributed by atoms with Crippen LogP contribution in [0.2, 0.25) is 10.0 Å². The summed E-state index contributed by atoms with van der Waals surface area (Å²) in [6, 6.07) is 13.9. The van der Waals surface area contributed by atoms with E-state index in [4.69, 9.17) is 28.3 Å². The molecule has 0 aliphatic rings. The number of nitrogens with one attached hydrogen (secondary N) is 2. The fourth-order valence-corrected chi connectivity index (χ4v) is 3.07. The Balaban J connectivity index is 1.92. The number of hydrogen-bond acceptors (Lipinski definition) is 6. The maximum Gasteiger partial charge on any atom is 0.270 e. The number of anilines is 1. The number of benzene rings is 2. The maximum absolute atomic E-state index is 12.2. The van der Waals surface area contributed by atoms with E-state index < -0.39 is 5.56 Å². The second kappa shape index (κ2) is 8.67. The van der Waals surface area contributed by atoms with Crippen LogP contribution >= 0.6 is 23.2 Å². The molecule has 0 fully saturated rings. The van der Waals surface area contributed by atoms with Gasteiger partial charge in [0.2, 0.25) is 5.95 Å². The molecule has 9 heteroatoms. The van der Waals surface area contributed by atoms with Crippen molar-refractivity contribution in [1.29, 1.82) is 5.26 Å². The van der Waals surface area contributed by atoms with Crippen LogP contribution in [0.25, 0.3) is 11.3 Å². The van der Waals surface area contributed by atoms with E-state index >= 15 is 0 Å². The van der Waals surface area contributed by atoms with Gasteiger partial charge in [-0.3, -0.25) is 9.78 Å². The van der Waals surface area contributed by atoms with Crippen LogP contribution in [0.3, 0.4) is 0 Å². The topological polar surface area (TPSA) is 114 Å². The third-order valence-corrected chi connectivity index (χ3v) is 4.39. The van der Waals surface area contributed by atoms with Crippen LogP contribution in [-0.2, 0) is 6.61 Å². The normalized spacial score (nSPS) is 10.8. The van der Waals surface area contributed by atoms with Crippen LogP contribution in [0, 0.1) is 11.3 Å². The minimum atomic E-state index is -0.586. The molecule has 3 N–H and O–H groups in total. The Morgan fingerprint density at radius 3 is 2.54 bits per heavy atom. The summed E-state index contributed by atoms with van der Waals surface area (Å²) in [7, 11) is 0. The van der Waals surface area contributed by atoms with E-state index in [1.807, 2.05) is 12.1 Å². The highest BCUT2D eigenvalue weighted by Crippen LogP contribution is 2.25. The lowest BCUT2D eigenvalue weighted by molar-refractivity contribution is 0.282. The molecule has 0 bridgehead atoms. The summed E-state index contributed by atoms with van der Waals surface area (Å²) in [6.07, 6.45) is 1.37. The standard InChI is InChI=1S/C19H13Cl2N5O2/c20-15-6-11(10-27)7-16(21)14(15)9-23-26-19-24-17(12-4-2-1-3-5-12)13(8-22)18(28)25-19/h1-7,9,27H,10H2,(H2,24,25,26,28). The first-order valence-electron chi connectivity index (χ1n) is 8.01. The van der Waals surface area contributed by atoms with Crippen LogP contribution in [0.5, 0.6) is 0 Å². The van der Waals surface area contributed by atoms with Crippen molar-refractivity contribution < 1.29 is 5.11 Å². The zero-order valence-electron chi connectivity index (χ0n) is 14.3. The van der Waals surface area contributed by atoms with Gasteiger partial charge in [0.15, 0.2) is 0 Å². The van der Waals surface area contributed by atoms with Crippen LogP contribution in [-0.4, -0.2) is 21.3 Å². The zero-order valence-corrected chi connectivity index (χ0v) is 15.8. The number of aromatic amines is 1. The van der Waals surface area contributed by atoms with Crippen LogP contribution in [0.1, 0.15) is 16.7 Å². The van der Waals surface area contributed by atoms with E-state index in [1.165, 1.54) is 6.21 Å². The van der Waals surface area contributed by atoms with Gasteiger partial charge < -0.3 is 5.11 Å². The molecule has 1 aromatic heterocycles. The second-order valence-electron chi connectivity index (χ2n) is 5.62. The number of nitriles is 1. The first-order chi connectivity index (χ1) is 13.5. The molecule has 0 aliphatic heterocycles. The largest absolute Gasteiger partial charge is 0.392 e. The van der Waals surface area contributed by atoms with Gasteiger partial charge in [0.25, 0.3) is 5.56 Å². The molecule has 3 aromatic rings. The molecule has 0 radical (unpaired) electrons. The number of hydrogen-bond donors (Lipinski definition) is 3. The molecule has 0 spiro atoms. The number of rotatable bonds is 5. The first kappa shape index (κ1) is 19.6. The molecule has 0 unspecified atom stereocenters. The molecule has 0 saturated carbocycles. The van der Waals surface area contributed by atoms with Gasteiger partial charge in [0.05, 0.1) is 28.6 Å². The van der Waals surface area contributed by atoms with Gasteiger partial charge in [0, 0.05) is 11.1 Å². The van der Waals surface area contributed by atoms with E-state index in [-0.39, 0.29) is 23.8 Å². The van der Waals surface area contributed by atoms with Crippen LogP contribution in [0.15, 0.2) is 52.4 Å². The smallest absolute Gasteiger partial charge is 0.270 e. The molecule has 2 aromatic carbocycles. The van der Waals surface area contributed by atoms with E-state index in [0.717, 1.165) is 0 Å². The average molecular weight is 414 g/mol. The maximum atomic E-state index is 12.2. The molecule has 7 nitrogen and oxygen atoms in total. The predicted molar refractivity (Wildman–Crippen MR) is 109 cm³/mol. The summed E-state index contributed by atoms with van der Waals surface area (Å²) < 4.78 is 0. The summed E-state index contributed by atoms with van der Waals surface area (Å²) in [5, 5.41) is 23.1. The average Bonchev–Trinajstić information content (AvgIpc) is 2.70. The fraction of sp³-hybridized carbons (Fsp3) is 0.0526. The summed E-state index contributed by atoms with van der Waals surface area (Å²) >= 11 is 12.3. The van der Waals surface area contributed by atoms with Gasteiger partial charge in [-0.1, -0.05) is 53.5 Å². The minimum Gasteiger partial charge on any atom is -0.392 e. The number of hydrazone groups is 1. The van der Waals surface area contributed by atoms with Crippen molar-refractivity contribution >= 4 is 35.4 Å². The van der Waals surface area contributed by atoms with Gasteiger partial charge in [0.1, 0.15) is 11.6 Å². The van der Waals surface area contributed by atoms with Gasteiger partial charge in [-0.05, 0) is 17.7 Å². The zero-order chi connectivity index (χ0) is 20.1. The molecule has 0 saturated heterocycles. The molecule has 3 rings (SSSR count). The Hall–Kier alpha value is -3.18. The number of halogens is 2. The highest BCUT2D eigenvalue weighted by Gasteiger charge is 2.13. The summed E-state index contributed by atoms with van der Waals surface area (Å²) in [6.45, 7) is -0.187. The predicted octanol–water partition coefficient (Wildman–Crippen LogP) is 3.55. The van der Waals surface area contributed by atoms with Gasteiger partial charge in [-0.2, -0.15) is 10.4 Å². The van der Waals surface area contributed by atoms with Gasteiger partial charge in [-0.25, -0.2) is 10.4 Å². The highest BCUT2D eigenvalue weighted by atomic mass is 35.5. The lowest BCUT2D eigenvalue weighted by Crippen LogP contribution is -2.16. The Morgan fingerprint density at radius 2 is 1.93 bits per heavy atom. The first-order valence-corrected chi connectivity index (χ1v) is 8.76. The van der Waals surface area contributed by atoms with Crippen molar-refractivity contribution in [2.75, 3.05) is 5.43 Å². The summed E-state index contributed by atoms with van der Waals surface area (Å²) in [5.41, 5.74) is 3.81. The molecule has 1 heterocycles. The third-order valence-electron chi connectivity index (χ3n) is 3.76. The van der Waals surface area contributed by atoms with Crippen molar-refractivity contribution in [2.24, 2.45) is 5.10 Å². The number of nitrogens with zero attached hydrogens (tertiary/aromatic N) is 3. The molecular formula is C19H13Cl2N5O2. The molecule has 0 atom stereocenters. The number of aliphatic hydroxyl groups excluding tert-OH is 1. The summed E-state index contributed by atoms with van der Waals surface area (Å²) in [4.78, 5) is 18.9. The number of H-pyrrole nitrogens is 1. The molecule has 140 valence electrons. The summed E-state index contributed by atoms with van der Waals surface area (Å²) in [5.74, 6) is 0.0540. The lowest BCUT2D eigenvalue weighted by Gasteiger charge is -2.07. The molecular weight excluding hydrogens is 401 g/mol. The van der Waals surface area contributed by atoms with Gasteiger partial charge >= 0.3 is 0 Å². The lowest BCUT2D eigenvalue weighted by atomic mass is 10.1. The minimum absolute atomic E-state index is 0.0540. The van der Waals surface area contributed by atoms with E-state index in [9.17, 15) is 10.1 Å². The van der Waals surface area contributed by atoms with Crippen LogP contribution < -0.4 is 11.0 Å². The Labute approximate surface area is 169 Å². The van der Waals surface area contributed by atoms with Crippen molar-refractivity contribution in [2.45, 2.75) is 6.61 Å². The van der Waals surface area contributed by atoms with E-state index in [0.29, 0.717) is 26.7 Å². The van der Waals surface area contributed by atoms with E-state index in [2.05, 4.69) is 20.5 Å². The van der Waals surface area contributed by atoms with Crippen molar-refractivity contribution in [1.82, 2.24) is 9.97 Å². The Morgan fingerprint density at radius 1 is 1.25 bits per heavy atom. The third kappa shape index (κ3) is 4.21. The van der Waals surface area contributed by atoms with Crippen LogP contribution in [0.4, 0.5) is 5.95 Å². The Kier molecular flexibility index (Phi) is 6.06. The Bertz CT molecular complexity index is 1110. The SMILES string of the molecule is N#Cc1c(-c2ccccc2)nc(NN=Cc2c(Cl)cc(CO)cc2Cl)[nH]c1=O. The molecule has 28 heavy (non-hydrogen) atoms. The second-order valence-corrected chi connectivity index (χ2v) is 6.43. The molecule has 0 aliphatic carbocycles. The fourth-order valence-electron chi connectivity index (χ4n) is 2.44. The van der Waals surface area contributed by atoms with Crippen molar-refractivity contribution in [3.8, 4) is 17.3 Å². The molecule has 0 amide bonds. The number of aromatic nitrogens is 2. The van der Waals surface area contributed by atoms with E-state index in [1.54, 1.807) is 36.4 Å².